The molecule has 3 rings (SSSR count). The van der Waals surface area contributed by atoms with Gasteiger partial charge in [0, 0.05) is 13.1 Å². The van der Waals surface area contributed by atoms with E-state index in [0.29, 0.717) is 0 Å². The van der Waals surface area contributed by atoms with Crippen LogP contribution in [0.1, 0.15) is 19.3 Å². The summed E-state index contributed by atoms with van der Waals surface area (Å²) in [6, 6.07) is 0. The summed E-state index contributed by atoms with van der Waals surface area (Å²) >= 11 is 0. The summed E-state index contributed by atoms with van der Waals surface area (Å²) < 4.78 is 0. The Bertz CT molecular complexity index is 466. The van der Waals surface area contributed by atoms with Gasteiger partial charge in [-0.2, -0.15) is 0 Å². The highest BCUT2D eigenvalue weighted by atomic mass is 35.5. The van der Waals surface area contributed by atoms with Crippen LogP contribution in [0.25, 0.3) is 11.2 Å². The van der Waals surface area contributed by atoms with Crippen LogP contribution in [0.2, 0.25) is 0 Å². The molecule has 0 spiro atoms. The summed E-state index contributed by atoms with van der Waals surface area (Å²) in [5, 5.41) is 0. The fourth-order valence-electron chi connectivity index (χ4n) is 2.10. The normalized spacial score (nSPS) is 15.2. The second kappa shape index (κ2) is 6.02. The van der Waals surface area contributed by atoms with Crippen LogP contribution in [0.15, 0.2) is 12.7 Å². The average molecular weight is 276 g/mol. The maximum absolute atomic E-state index is 4.35. The van der Waals surface area contributed by atoms with Crippen molar-refractivity contribution in [2.24, 2.45) is 0 Å². The Morgan fingerprint density at radius 2 is 1.76 bits per heavy atom. The zero-order chi connectivity index (χ0) is 10.1. The van der Waals surface area contributed by atoms with E-state index in [9.17, 15) is 0 Å². The molecule has 0 aromatic carbocycles. The molecule has 0 aliphatic carbocycles. The Kier molecular flexibility index (Phi) is 4.96. The minimum atomic E-state index is 0. The van der Waals surface area contributed by atoms with E-state index in [1.165, 1.54) is 19.3 Å². The number of halogens is 2. The third kappa shape index (κ3) is 2.61. The highest BCUT2D eigenvalue weighted by molar-refractivity contribution is 5.85. The molecular weight excluding hydrogens is 261 g/mol. The largest absolute Gasteiger partial charge is 0.355 e. The van der Waals surface area contributed by atoms with Crippen LogP contribution in [0.5, 0.6) is 0 Å². The van der Waals surface area contributed by atoms with E-state index in [-0.39, 0.29) is 24.8 Å². The first kappa shape index (κ1) is 14.0. The number of aromatic amines is 1. The summed E-state index contributed by atoms with van der Waals surface area (Å²) in [6.45, 7) is 2.18. The van der Waals surface area contributed by atoms with Crippen LogP contribution in [-0.2, 0) is 0 Å². The number of imidazole rings is 1. The van der Waals surface area contributed by atoms with Gasteiger partial charge in [0.1, 0.15) is 11.8 Å². The summed E-state index contributed by atoms with van der Waals surface area (Å²) in [5.41, 5.74) is 1.71. The van der Waals surface area contributed by atoms with Crippen molar-refractivity contribution < 1.29 is 0 Å². The molecule has 3 heterocycles. The highest BCUT2D eigenvalue weighted by Crippen LogP contribution is 2.22. The molecule has 17 heavy (non-hydrogen) atoms. The molecule has 1 aliphatic rings. The van der Waals surface area contributed by atoms with Gasteiger partial charge in [0.05, 0.1) is 6.33 Å². The van der Waals surface area contributed by atoms with E-state index in [2.05, 4.69) is 24.8 Å². The average Bonchev–Trinajstić information content (AvgIpc) is 2.78. The third-order valence-corrected chi connectivity index (χ3v) is 2.86. The van der Waals surface area contributed by atoms with Gasteiger partial charge in [-0.05, 0) is 19.3 Å². The Morgan fingerprint density at radius 1 is 1.00 bits per heavy atom. The topological polar surface area (TPSA) is 57.7 Å². The number of H-pyrrole nitrogens is 1. The molecule has 94 valence electrons. The molecule has 0 unspecified atom stereocenters. The monoisotopic (exact) mass is 275 g/mol. The molecule has 0 atom stereocenters. The van der Waals surface area contributed by atoms with Gasteiger partial charge in [0.15, 0.2) is 11.5 Å². The van der Waals surface area contributed by atoms with Gasteiger partial charge in [-0.25, -0.2) is 15.0 Å². The summed E-state index contributed by atoms with van der Waals surface area (Å²) in [4.78, 5) is 18.0. The molecule has 1 N–H and O–H groups in total. The van der Waals surface area contributed by atoms with Crippen LogP contribution >= 0.6 is 24.8 Å². The van der Waals surface area contributed by atoms with Gasteiger partial charge in [0.25, 0.3) is 0 Å². The van der Waals surface area contributed by atoms with Crippen molar-refractivity contribution in [3.05, 3.63) is 12.7 Å². The van der Waals surface area contributed by atoms with E-state index in [4.69, 9.17) is 0 Å². The molecule has 1 aliphatic heterocycles. The van der Waals surface area contributed by atoms with Crippen molar-refractivity contribution in [3.63, 3.8) is 0 Å². The predicted octanol–water partition coefficient (Wildman–Crippen LogP) is 2.19. The van der Waals surface area contributed by atoms with Gasteiger partial charge in [-0.15, -0.1) is 24.8 Å². The molecule has 7 heteroatoms. The number of aromatic nitrogens is 4. The maximum Gasteiger partial charge on any atom is 0.182 e. The minimum absolute atomic E-state index is 0. The SMILES string of the molecule is Cl.Cl.c1nc(N2CCCCC2)c2[nH]cnc2n1. The third-order valence-electron chi connectivity index (χ3n) is 2.86. The zero-order valence-electron chi connectivity index (χ0n) is 9.30. The highest BCUT2D eigenvalue weighted by Gasteiger charge is 2.15. The molecule has 0 saturated carbocycles. The van der Waals surface area contributed by atoms with E-state index in [1.54, 1.807) is 12.7 Å². The first-order chi connectivity index (χ1) is 7.45. The molecule has 1 fully saturated rings. The molecule has 0 bridgehead atoms. The minimum Gasteiger partial charge on any atom is -0.355 e. The second-order valence-corrected chi connectivity index (χ2v) is 3.85. The lowest BCUT2D eigenvalue weighted by Crippen LogP contribution is -2.30. The number of rotatable bonds is 1. The van der Waals surface area contributed by atoms with E-state index >= 15 is 0 Å². The first-order valence-corrected chi connectivity index (χ1v) is 5.34. The zero-order valence-corrected chi connectivity index (χ0v) is 10.9. The van der Waals surface area contributed by atoms with Gasteiger partial charge in [0.2, 0.25) is 0 Å². The van der Waals surface area contributed by atoms with Crippen molar-refractivity contribution in [2.45, 2.75) is 19.3 Å². The maximum atomic E-state index is 4.35. The molecular formula is C10H15Cl2N5. The van der Waals surface area contributed by atoms with Crippen LogP contribution < -0.4 is 4.90 Å². The van der Waals surface area contributed by atoms with E-state index in [1.807, 2.05) is 0 Å². The Morgan fingerprint density at radius 3 is 2.53 bits per heavy atom. The summed E-state index contributed by atoms with van der Waals surface area (Å²) in [6.07, 6.45) is 7.09. The fraction of sp³-hybridized carbons (Fsp3) is 0.500. The standard InChI is InChI=1S/C10H13N5.2ClH/c1-2-4-15(5-3-1)10-8-9(12-6-11-8)13-7-14-10;;/h6-7H,1-5H2,(H,11,12,13,14);2*1H. The van der Waals surface area contributed by atoms with Crippen LogP contribution in [0, 0.1) is 0 Å². The van der Waals surface area contributed by atoms with Gasteiger partial charge in [-0.1, -0.05) is 0 Å². The van der Waals surface area contributed by atoms with Crippen LogP contribution in [-0.4, -0.2) is 33.0 Å². The predicted molar refractivity (Wildman–Crippen MR) is 72.2 cm³/mol. The van der Waals surface area contributed by atoms with Gasteiger partial charge < -0.3 is 9.88 Å². The molecule has 5 nitrogen and oxygen atoms in total. The number of hydrogen-bond donors (Lipinski definition) is 1. The number of nitrogens with one attached hydrogen (secondary N) is 1. The summed E-state index contributed by atoms with van der Waals surface area (Å²) in [5.74, 6) is 0.997. The first-order valence-electron chi connectivity index (χ1n) is 5.34. The molecule has 0 radical (unpaired) electrons. The Balaban J connectivity index is 0.000000722. The number of hydrogen-bond acceptors (Lipinski definition) is 4. The number of fused-ring (bicyclic) bond motifs is 1. The smallest absolute Gasteiger partial charge is 0.182 e. The van der Waals surface area contributed by atoms with E-state index in [0.717, 1.165) is 30.1 Å². The second-order valence-electron chi connectivity index (χ2n) is 3.85. The van der Waals surface area contributed by atoms with Crippen LogP contribution in [0.3, 0.4) is 0 Å². The number of anilines is 1. The lowest BCUT2D eigenvalue weighted by Gasteiger charge is -2.27. The Hall–Kier alpha value is -1.07. The quantitative estimate of drug-likeness (QED) is 0.867. The number of piperidine rings is 1. The van der Waals surface area contributed by atoms with Gasteiger partial charge in [-0.3, -0.25) is 0 Å². The van der Waals surface area contributed by atoms with Crippen molar-refractivity contribution in [2.75, 3.05) is 18.0 Å². The van der Waals surface area contributed by atoms with Crippen molar-refractivity contribution in [1.29, 1.82) is 0 Å². The summed E-state index contributed by atoms with van der Waals surface area (Å²) in [7, 11) is 0. The van der Waals surface area contributed by atoms with Crippen molar-refractivity contribution in [3.8, 4) is 0 Å². The molecule has 1 saturated heterocycles. The lowest BCUT2D eigenvalue weighted by molar-refractivity contribution is 0.574. The van der Waals surface area contributed by atoms with E-state index < -0.39 is 0 Å². The van der Waals surface area contributed by atoms with Crippen molar-refractivity contribution >= 4 is 41.8 Å². The number of nitrogens with zero attached hydrogens (tertiary/aromatic N) is 4. The molecule has 2 aromatic rings. The van der Waals surface area contributed by atoms with Gasteiger partial charge >= 0.3 is 0 Å². The molecule has 0 amide bonds. The van der Waals surface area contributed by atoms with Crippen molar-refractivity contribution in [1.82, 2.24) is 19.9 Å². The van der Waals surface area contributed by atoms with Crippen LogP contribution in [0.4, 0.5) is 5.82 Å². The molecule has 2 aromatic heterocycles. The Labute approximate surface area is 112 Å². The fourth-order valence-corrected chi connectivity index (χ4v) is 2.10. The lowest BCUT2D eigenvalue weighted by atomic mass is 10.1.